The van der Waals surface area contributed by atoms with Gasteiger partial charge in [-0.15, -0.1) is 0 Å². The predicted octanol–water partition coefficient (Wildman–Crippen LogP) is 6.13. The van der Waals surface area contributed by atoms with Crippen molar-refractivity contribution in [3.05, 3.63) is 111 Å². The summed E-state index contributed by atoms with van der Waals surface area (Å²) in [6.07, 6.45) is 1.57. The molecule has 0 radical (unpaired) electrons. The number of nitrogens with zero attached hydrogens (tertiary/aromatic N) is 3. The summed E-state index contributed by atoms with van der Waals surface area (Å²) in [6.45, 7) is 9.21. The molecule has 1 aromatic heterocycles. The van der Waals surface area contributed by atoms with Gasteiger partial charge < -0.3 is 4.57 Å². The quantitative estimate of drug-likeness (QED) is 0.193. The van der Waals surface area contributed by atoms with Gasteiger partial charge in [-0.25, -0.2) is 13.8 Å². The van der Waals surface area contributed by atoms with Gasteiger partial charge in [0.05, 0.1) is 16.8 Å². The number of hydrogen-bond acceptors (Lipinski definition) is 4. The van der Waals surface area contributed by atoms with Crippen LogP contribution in [0.25, 0.3) is 5.69 Å². The molecule has 3 aromatic carbocycles. The Balaban J connectivity index is 1.58. The first-order chi connectivity index (χ1) is 18.5. The molecule has 4 rings (SSSR count). The minimum Gasteiger partial charge on any atom is -0.318 e. The first-order valence-electron chi connectivity index (χ1n) is 12.4. The van der Waals surface area contributed by atoms with Crippen molar-refractivity contribution in [1.29, 1.82) is 0 Å². The van der Waals surface area contributed by atoms with Crippen LogP contribution in [0.2, 0.25) is 0 Å². The summed E-state index contributed by atoms with van der Waals surface area (Å²) in [7, 11) is -4.01. The van der Waals surface area contributed by atoms with Gasteiger partial charge in [0.2, 0.25) is 0 Å². The number of anilines is 1. The molecule has 0 aliphatic heterocycles. The molecular weight excluding hydrogens is 576 g/mol. The number of rotatable bonds is 8. The Hall–Kier alpha value is -3.69. The van der Waals surface area contributed by atoms with Gasteiger partial charge in [0.15, 0.2) is 0 Å². The summed E-state index contributed by atoms with van der Waals surface area (Å²) in [5, 5.41) is 4.15. The van der Waals surface area contributed by atoms with Gasteiger partial charge in [0.25, 0.3) is 15.9 Å². The van der Waals surface area contributed by atoms with Gasteiger partial charge in [-0.3, -0.25) is 9.10 Å². The van der Waals surface area contributed by atoms with E-state index in [0.29, 0.717) is 5.69 Å². The molecule has 1 amide bonds. The lowest BCUT2D eigenvalue weighted by molar-refractivity contribution is -0.119. The number of amides is 1. The monoisotopic (exact) mass is 606 g/mol. The van der Waals surface area contributed by atoms with Crippen LogP contribution in [0.5, 0.6) is 0 Å². The highest BCUT2D eigenvalue weighted by Gasteiger charge is 2.28. The zero-order valence-corrected chi connectivity index (χ0v) is 25.0. The third-order valence-corrected chi connectivity index (χ3v) is 8.71. The molecular formula is C30H31BrN4O3S. The Morgan fingerprint density at radius 2 is 1.64 bits per heavy atom. The number of sulfonamides is 1. The standard InChI is InChI=1S/C30H31BrN4O3S/c1-20-9-12-28(13-10-20)39(37,38)34(29-14-11-21(2)15-22(29)3)19-30(36)33-32-18-25-16-23(4)35(24(25)5)27-8-6-7-26(31)17-27/h6-18H,19H2,1-5H3,(H,33,36)/b32-18-. The van der Waals surface area contributed by atoms with Crippen LogP contribution in [0.1, 0.15) is 33.6 Å². The lowest BCUT2D eigenvalue weighted by Crippen LogP contribution is -2.40. The first kappa shape index (κ1) is 28.3. The molecule has 4 aromatic rings. The van der Waals surface area contributed by atoms with E-state index in [1.54, 1.807) is 36.5 Å². The zero-order valence-electron chi connectivity index (χ0n) is 22.6. The maximum absolute atomic E-state index is 13.7. The molecule has 0 unspecified atom stereocenters. The van der Waals surface area contributed by atoms with Crippen LogP contribution < -0.4 is 9.73 Å². The van der Waals surface area contributed by atoms with Crippen LogP contribution in [0.3, 0.4) is 0 Å². The van der Waals surface area contributed by atoms with E-state index in [2.05, 4.69) is 31.0 Å². The molecule has 9 heteroatoms. The third-order valence-electron chi connectivity index (χ3n) is 6.45. The fourth-order valence-electron chi connectivity index (χ4n) is 4.49. The van der Waals surface area contributed by atoms with Crippen LogP contribution in [0.4, 0.5) is 5.69 Å². The molecule has 0 aliphatic carbocycles. The number of carbonyl (C=O) groups is 1. The van der Waals surface area contributed by atoms with E-state index in [-0.39, 0.29) is 4.90 Å². The van der Waals surface area contributed by atoms with Crippen molar-refractivity contribution >= 4 is 43.8 Å². The number of hydrogen-bond donors (Lipinski definition) is 1. The van der Waals surface area contributed by atoms with E-state index >= 15 is 0 Å². The first-order valence-corrected chi connectivity index (χ1v) is 14.6. The number of aromatic nitrogens is 1. The topological polar surface area (TPSA) is 83.8 Å². The van der Waals surface area contributed by atoms with Crippen LogP contribution in [0.15, 0.2) is 87.3 Å². The Morgan fingerprint density at radius 3 is 2.31 bits per heavy atom. The highest BCUT2D eigenvalue weighted by molar-refractivity contribution is 9.10. The number of carbonyl (C=O) groups excluding carboxylic acids is 1. The van der Waals surface area contributed by atoms with Gasteiger partial charge in [-0.05, 0) is 82.6 Å². The summed E-state index contributed by atoms with van der Waals surface area (Å²) in [5.74, 6) is -0.553. The average molecular weight is 608 g/mol. The normalized spacial score (nSPS) is 11.6. The average Bonchev–Trinajstić information content (AvgIpc) is 3.15. The van der Waals surface area contributed by atoms with Gasteiger partial charge >= 0.3 is 0 Å². The summed E-state index contributed by atoms with van der Waals surface area (Å²) >= 11 is 3.52. The Bertz CT molecular complexity index is 1660. The smallest absolute Gasteiger partial charge is 0.264 e. The molecule has 202 valence electrons. The fourth-order valence-corrected chi connectivity index (χ4v) is 6.37. The number of halogens is 1. The maximum Gasteiger partial charge on any atom is 0.264 e. The highest BCUT2D eigenvalue weighted by atomic mass is 79.9. The van der Waals surface area contributed by atoms with Crippen molar-refractivity contribution in [2.45, 2.75) is 39.5 Å². The molecule has 39 heavy (non-hydrogen) atoms. The number of nitrogens with one attached hydrogen (secondary N) is 1. The lowest BCUT2D eigenvalue weighted by atomic mass is 10.1. The Labute approximate surface area is 238 Å². The second-order valence-electron chi connectivity index (χ2n) is 9.55. The highest BCUT2D eigenvalue weighted by Crippen LogP contribution is 2.28. The van der Waals surface area contributed by atoms with E-state index in [0.717, 1.165) is 48.1 Å². The third kappa shape index (κ3) is 6.32. The summed E-state index contributed by atoms with van der Waals surface area (Å²) in [6, 6.07) is 22.0. The molecule has 0 fully saturated rings. The Morgan fingerprint density at radius 1 is 0.949 bits per heavy atom. The van der Waals surface area contributed by atoms with E-state index in [9.17, 15) is 13.2 Å². The van der Waals surface area contributed by atoms with E-state index in [1.165, 1.54) is 0 Å². The maximum atomic E-state index is 13.7. The Kier molecular flexibility index (Phi) is 8.42. The minimum atomic E-state index is -4.01. The van der Waals surface area contributed by atoms with Crippen LogP contribution >= 0.6 is 15.9 Å². The van der Waals surface area contributed by atoms with Crippen LogP contribution in [-0.4, -0.2) is 31.7 Å². The molecule has 0 spiro atoms. The van der Waals surface area contributed by atoms with Crippen LogP contribution in [-0.2, 0) is 14.8 Å². The fraction of sp³-hybridized carbons (Fsp3) is 0.200. The minimum absolute atomic E-state index is 0.115. The molecule has 0 aliphatic rings. The molecule has 1 heterocycles. The van der Waals surface area contributed by atoms with Crippen molar-refractivity contribution < 1.29 is 13.2 Å². The summed E-state index contributed by atoms with van der Waals surface area (Å²) in [5.41, 5.74) is 9.47. The predicted molar refractivity (Wildman–Crippen MR) is 160 cm³/mol. The molecule has 0 saturated heterocycles. The summed E-state index contributed by atoms with van der Waals surface area (Å²) in [4.78, 5) is 13.1. The van der Waals surface area contributed by atoms with Gasteiger partial charge in [0.1, 0.15) is 6.54 Å². The number of benzene rings is 3. The van der Waals surface area contributed by atoms with Crippen molar-refractivity contribution in [2.75, 3.05) is 10.8 Å². The number of aryl methyl sites for hydroxylation is 4. The van der Waals surface area contributed by atoms with Crippen molar-refractivity contribution in [3.8, 4) is 5.69 Å². The second-order valence-corrected chi connectivity index (χ2v) is 12.3. The van der Waals surface area contributed by atoms with Gasteiger partial charge in [-0.2, -0.15) is 5.10 Å². The second kappa shape index (κ2) is 11.6. The number of hydrazone groups is 1. The van der Waals surface area contributed by atoms with E-state index in [4.69, 9.17) is 0 Å². The summed E-state index contributed by atoms with van der Waals surface area (Å²) < 4.78 is 31.5. The zero-order chi connectivity index (χ0) is 28.3. The van der Waals surface area contributed by atoms with E-state index in [1.807, 2.05) is 77.1 Å². The van der Waals surface area contributed by atoms with Crippen molar-refractivity contribution in [1.82, 2.24) is 9.99 Å². The van der Waals surface area contributed by atoms with Crippen LogP contribution in [0, 0.1) is 34.6 Å². The molecule has 0 saturated carbocycles. The molecule has 0 atom stereocenters. The van der Waals surface area contributed by atoms with Gasteiger partial charge in [-0.1, -0.05) is 57.4 Å². The largest absolute Gasteiger partial charge is 0.318 e. The SMILES string of the molecule is Cc1ccc(S(=O)(=O)N(CC(=O)N/N=C\c2cc(C)n(-c3cccc(Br)c3)c2C)c2ccc(C)cc2C)cc1. The van der Waals surface area contributed by atoms with Crippen molar-refractivity contribution in [2.24, 2.45) is 5.10 Å². The lowest BCUT2D eigenvalue weighted by Gasteiger charge is -2.25. The molecule has 0 bridgehead atoms. The van der Waals surface area contributed by atoms with Crippen molar-refractivity contribution in [3.63, 3.8) is 0 Å². The molecule has 7 nitrogen and oxygen atoms in total. The molecule has 1 N–H and O–H groups in total. The van der Waals surface area contributed by atoms with Gasteiger partial charge in [0, 0.05) is 27.1 Å². The van der Waals surface area contributed by atoms with E-state index < -0.39 is 22.5 Å².